The molecule has 3 heteroatoms. The van der Waals surface area contributed by atoms with E-state index in [2.05, 4.69) is 42.1 Å². The number of hydrogen-bond donors (Lipinski definition) is 1. The van der Waals surface area contributed by atoms with Gasteiger partial charge in [-0.3, -0.25) is 0 Å². The number of aromatic nitrogens is 2. The Labute approximate surface area is 86.0 Å². The topological polar surface area (TPSA) is 37.8 Å². The molecule has 0 saturated heterocycles. The second-order valence-electron chi connectivity index (χ2n) is 3.72. The van der Waals surface area contributed by atoms with Crippen LogP contribution in [0.4, 0.5) is 0 Å². The molecule has 1 aromatic rings. The molecule has 1 rings (SSSR count). The van der Waals surface area contributed by atoms with Crippen LogP contribution in [0.2, 0.25) is 0 Å². The highest BCUT2D eigenvalue weighted by Gasteiger charge is 2.14. The minimum absolute atomic E-state index is 0.427. The van der Waals surface area contributed by atoms with E-state index in [-0.39, 0.29) is 0 Å². The van der Waals surface area contributed by atoms with E-state index in [0.29, 0.717) is 12.0 Å². The fourth-order valence-electron chi connectivity index (χ4n) is 1.48. The number of nitrogens with zero attached hydrogens (tertiary/aromatic N) is 2. The molecule has 0 aliphatic rings. The molecule has 2 atom stereocenters. The Balaban J connectivity index is 2.73. The van der Waals surface area contributed by atoms with Crippen molar-refractivity contribution in [1.82, 2.24) is 15.3 Å². The first-order chi connectivity index (χ1) is 6.65. The van der Waals surface area contributed by atoms with Gasteiger partial charge in [0.05, 0.1) is 0 Å². The molecule has 0 saturated carbocycles. The van der Waals surface area contributed by atoms with Crippen LogP contribution in [-0.4, -0.2) is 22.6 Å². The van der Waals surface area contributed by atoms with Crippen LogP contribution in [-0.2, 0) is 0 Å². The average Bonchev–Trinajstić information content (AvgIpc) is 2.17. The van der Waals surface area contributed by atoms with Gasteiger partial charge < -0.3 is 5.32 Å². The zero-order valence-electron chi connectivity index (χ0n) is 9.41. The minimum Gasteiger partial charge on any atom is -0.314 e. The van der Waals surface area contributed by atoms with Crippen molar-refractivity contribution >= 4 is 0 Å². The highest BCUT2D eigenvalue weighted by atomic mass is 14.9. The summed E-state index contributed by atoms with van der Waals surface area (Å²) >= 11 is 0. The van der Waals surface area contributed by atoms with Gasteiger partial charge in [0.2, 0.25) is 0 Å². The van der Waals surface area contributed by atoms with Gasteiger partial charge in [0.1, 0.15) is 6.33 Å². The number of aryl methyl sites for hydroxylation is 1. The molecular weight excluding hydrogens is 174 g/mol. The summed E-state index contributed by atoms with van der Waals surface area (Å²) in [5, 5.41) is 3.40. The molecule has 78 valence electrons. The van der Waals surface area contributed by atoms with Crippen molar-refractivity contribution in [2.45, 2.75) is 39.7 Å². The summed E-state index contributed by atoms with van der Waals surface area (Å²) in [7, 11) is 0. The third kappa shape index (κ3) is 2.77. The lowest BCUT2D eigenvalue weighted by molar-refractivity contribution is 0.486. The first-order valence-corrected chi connectivity index (χ1v) is 5.17. The first-order valence-electron chi connectivity index (χ1n) is 5.17. The SMILES string of the molecule is CCNC(C)C(C)c1cc(C)ncn1. The molecule has 14 heavy (non-hydrogen) atoms. The Bertz CT molecular complexity index is 286. The van der Waals surface area contributed by atoms with Gasteiger partial charge in [-0.05, 0) is 26.5 Å². The molecule has 0 amide bonds. The first kappa shape index (κ1) is 11.1. The van der Waals surface area contributed by atoms with E-state index >= 15 is 0 Å². The quantitative estimate of drug-likeness (QED) is 0.793. The highest BCUT2D eigenvalue weighted by Crippen LogP contribution is 2.16. The summed E-state index contributed by atoms with van der Waals surface area (Å²) in [4.78, 5) is 8.39. The molecule has 2 unspecified atom stereocenters. The van der Waals surface area contributed by atoms with Crippen LogP contribution in [0.3, 0.4) is 0 Å². The maximum Gasteiger partial charge on any atom is 0.115 e. The van der Waals surface area contributed by atoms with Crippen LogP contribution in [0.15, 0.2) is 12.4 Å². The molecular formula is C11H19N3. The molecule has 0 aliphatic heterocycles. The third-order valence-corrected chi connectivity index (χ3v) is 2.57. The van der Waals surface area contributed by atoms with E-state index in [1.54, 1.807) is 6.33 Å². The molecule has 1 N–H and O–H groups in total. The maximum absolute atomic E-state index is 4.29. The smallest absolute Gasteiger partial charge is 0.115 e. The van der Waals surface area contributed by atoms with E-state index in [1.807, 2.05) is 6.92 Å². The normalized spacial score (nSPS) is 15.1. The van der Waals surface area contributed by atoms with Crippen molar-refractivity contribution in [2.75, 3.05) is 6.54 Å². The maximum atomic E-state index is 4.29. The Morgan fingerprint density at radius 2 is 2.07 bits per heavy atom. The second kappa shape index (κ2) is 5.05. The van der Waals surface area contributed by atoms with E-state index < -0.39 is 0 Å². The lowest BCUT2D eigenvalue weighted by Gasteiger charge is -2.20. The van der Waals surface area contributed by atoms with Crippen LogP contribution >= 0.6 is 0 Å². The summed E-state index contributed by atoms with van der Waals surface area (Å²) in [5.74, 6) is 0.427. The zero-order valence-corrected chi connectivity index (χ0v) is 9.41. The van der Waals surface area contributed by atoms with Gasteiger partial charge in [0, 0.05) is 23.3 Å². The van der Waals surface area contributed by atoms with Crippen LogP contribution in [0.1, 0.15) is 38.1 Å². The summed E-state index contributed by atoms with van der Waals surface area (Å²) in [6.45, 7) is 9.49. The van der Waals surface area contributed by atoms with Gasteiger partial charge in [-0.2, -0.15) is 0 Å². The fourth-order valence-corrected chi connectivity index (χ4v) is 1.48. The molecule has 3 nitrogen and oxygen atoms in total. The number of likely N-dealkylation sites (N-methyl/N-ethyl adjacent to an activating group) is 1. The molecule has 0 fully saturated rings. The van der Waals surface area contributed by atoms with Crippen molar-refractivity contribution in [3.8, 4) is 0 Å². The molecule has 0 aliphatic carbocycles. The van der Waals surface area contributed by atoms with Gasteiger partial charge in [0.15, 0.2) is 0 Å². The van der Waals surface area contributed by atoms with E-state index in [1.165, 1.54) is 0 Å². The molecule has 0 spiro atoms. The minimum atomic E-state index is 0.427. The highest BCUT2D eigenvalue weighted by molar-refractivity contribution is 5.12. The van der Waals surface area contributed by atoms with Crippen LogP contribution in [0.5, 0.6) is 0 Å². The van der Waals surface area contributed by atoms with Crippen molar-refractivity contribution < 1.29 is 0 Å². The Hall–Kier alpha value is -0.960. The van der Waals surface area contributed by atoms with Crippen LogP contribution in [0.25, 0.3) is 0 Å². The van der Waals surface area contributed by atoms with Gasteiger partial charge >= 0.3 is 0 Å². The molecule has 0 bridgehead atoms. The van der Waals surface area contributed by atoms with E-state index in [0.717, 1.165) is 17.9 Å². The van der Waals surface area contributed by atoms with Crippen molar-refractivity contribution in [2.24, 2.45) is 0 Å². The number of rotatable bonds is 4. The molecule has 0 aromatic carbocycles. The average molecular weight is 193 g/mol. The largest absolute Gasteiger partial charge is 0.314 e. The Morgan fingerprint density at radius 3 is 2.64 bits per heavy atom. The predicted octanol–water partition coefficient (Wildman–Crippen LogP) is 1.89. The third-order valence-electron chi connectivity index (χ3n) is 2.57. The van der Waals surface area contributed by atoms with Crippen molar-refractivity contribution in [3.05, 3.63) is 23.8 Å². The number of nitrogens with one attached hydrogen (secondary N) is 1. The van der Waals surface area contributed by atoms with Crippen LogP contribution < -0.4 is 5.32 Å². The van der Waals surface area contributed by atoms with Crippen molar-refractivity contribution in [3.63, 3.8) is 0 Å². The molecule has 0 radical (unpaired) electrons. The summed E-state index contributed by atoms with van der Waals surface area (Å²) in [6, 6.07) is 2.51. The van der Waals surface area contributed by atoms with E-state index in [4.69, 9.17) is 0 Å². The lowest BCUT2D eigenvalue weighted by atomic mass is 9.99. The van der Waals surface area contributed by atoms with Gasteiger partial charge in [-0.15, -0.1) is 0 Å². The summed E-state index contributed by atoms with van der Waals surface area (Å²) in [5.41, 5.74) is 2.15. The second-order valence-corrected chi connectivity index (χ2v) is 3.72. The summed E-state index contributed by atoms with van der Waals surface area (Å²) < 4.78 is 0. The lowest BCUT2D eigenvalue weighted by Crippen LogP contribution is -2.31. The van der Waals surface area contributed by atoms with E-state index in [9.17, 15) is 0 Å². The van der Waals surface area contributed by atoms with Gasteiger partial charge in [-0.1, -0.05) is 13.8 Å². The van der Waals surface area contributed by atoms with Gasteiger partial charge in [-0.25, -0.2) is 9.97 Å². The standard InChI is InChI=1S/C11H19N3/c1-5-12-10(4)9(3)11-6-8(2)13-7-14-11/h6-7,9-10,12H,5H2,1-4H3. The fraction of sp³-hybridized carbons (Fsp3) is 0.636. The predicted molar refractivity (Wildman–Crippen MR) is 58.3 cm³/mol. The number of hydrogen-bond acceptors (Lipinski definition) is 3. The molecule has 1 heterocycles. The monoisotopic (exact) mass is 193 g/mol. The zero-order chi connectivity index (χ0) is 10.6. The Morgan fingerprint density at radius 1 is 1.36 bits per heavy atom. The summed E-state index contributed by atoms with van der Waals surface area (Å²) in [6.07, 6.45) is 1.64. The van der Waals surface area contributed by atoms with Crippen LogP contribution in [0, 0.1) is 6.92 Å². The van der Waals surface area contributed by atoms with Crippen molar-refractivity contribution in [1.29, 1.82) is 0 Å². The molecule has 1 aromatic heterocycles. The Kier molecular flexibility index (Phi) is 4.01. The van der Waals surface area contributed by atoms with Gasteiger partial charge in [0.25, 0.3) is 0 Å².